The molecule has 1 aromatic heterocycles. The van der Waals surface area contributed by atoms with Crippen molar-refractivity contribution in [3.05, 3.63) is 65.6 Å². The molecule has 3 aromatic rings. The maximum absolute atomic E-state index is 12.8. The van der Waals surface area contributed by atoms with Gasteiger partial charge in [0.25, 0.3) is 5.91 Å². The molecule has 1 amide bonds. The van der Waals surface area contributed by atoms with Gasteiger partial charge in [-0.05, 0) is 55.8 Å². The summed E-state index contributed by atoms with van der Waals surface area (Å²) in [5.74, 6) is 1.32. The molecular formula is C22H25N5O2. The molecule has 0 fully saturated rings. The number of hydrogen-bond donors (Lipinski definition) is 2. The zero-order valence-electron chi connectivity index (χ0n) is 17.3. The molecule has 2 N–H and O–H groups in total. The number of methoxy groups -OCH3 is 1. The Bertz CT molecular complexity index is 1020. The predicted octanol–water partition coefficient (Wildman–Crippen LogP) is 4.16. The number of carbonyl (C=O) groups is 1. The van der Waals surface area contributed by atoms with Gasteiger partial charge in [-0.1, -0.05) is 6.07 Å². The molecule has 0 aliphatic carbocycles. The molecule has 0 saturated carbocycles. The van der Waals surface area contributed by atoms with Gasteiger partial charge in [-0.2, -0.15) is 0 Å². The third-order valence-corrected chi connectivity index (χ3v) is 4.33. The van der Waals surface area contributed by atoms with Gasteiger partial charge in [0, 0.05) is 31.5 Å². The van der Waals surface area contributed by atoms with Crippen LogP contribution in [0.3, 0.4) is 0 Å². The maximum atomic E-state index is 12.8. The van der Waals surface area contributed by atoms with Crippen LogP contribution in [0.4, 0.5) is 22.9 Å². The van der Waals surface area contributed by atoms with Crippen molar-refractivity contribution in [1.29, 1.82) is 0 Å². The summed E-state index contributed by atoms with van der Waals surface area (Å²) in [6.07, 6.45) is 0. The van der Waals surface area contributed by atoms with E-state index in [1.165, 1.54) is 0 Å². The van der Waals surface area contributed by atoms with E-state index in [4.69, 9.17) is 4.74 Å². The number of ether oxygens (including phenoxy) is 1. The summed E-state index contributed by atoms with van der Waals surface area (Å²) in [7, 11) is 5.55. The van der Waals surface area contributed by atoms with Crippen LogP contribution in [0.2, 0.25) is 0 Å². The van der Waals surface area contributed by atoms with Gasteiger partial charge in [-0.15, -0.1) is 0 Å². The van der Waals surface area contributed by atoms with Crippen molar-refractivity contribution in [1.82, 2.24) is 9.97 Å². The van der Waals surface area contributed by atoms with E-state index in [9.17, 15) is 4.79 Å². The number of aromatic nitrogens is 2. The van der Waals surface area contributed by atoms with Crippen molar-refractivity contribution in [3.8, 4) is 5.75 Å². The number of aryl methyl sites for hydroxylation is 2. The van der Waals surface area contributed by atoms with Crippen LogP contribution in [0, 0.1) is 13.8 Å². The molecule has 0 bridgehead atoms. The minimum atomic E-state index is -0.328. The number of amides is 1. The smallest absolute Gasteiger partial charge is 0.274 e. The third-order valence-electron chi connectivity index (χ3n) is 4.33. The second-order valence-electron chi connectivity index (χ2n) is 6.91. The highest BCUT2D eigenvalue weighted by molar-refractivity contribution is 6.04. The first-order valence-electron chi connectivity index (χ1n) is 9.22. The van der Waals surface area contributed by atoms with Crippen molar-refractivity contribution in [2.45, 2.75) is 13.8 Å². The van der Waals surface area contributed by atoms with Gasteiger partial charge in [0.05, 0.1) is 12.8 Å². The van der Waals surface area contributed by atoms with Gasteiger partial charge in [-0.25, -0.2) is 9.97 Å². The van der Waals surface area contributed by atoms with Crippen LogP contribution >= 0.6 is 0 Å². The Morgan fingerprint density at radius 1 is 1.00 bits per heavy atom. The first kappa shape index (κ1) is 20.1. The number of nitrogens with zero attached hydrogens (tertiary/aromatic N) is 3. The first-order valence-corrected chi connectivity index (χ1v) is 9.22. The van der Waals surface area contributed by atoms with Gasteiger partial charge in [-0.3, -0.25) is 4.79 Å². The van der Waals surface area contributed by atoms with Crippen LogP contribution in [-0.2, 0) is 0 Å². The molecule has 0 radical (unpaired) electrons. The lowest BCUT2D eigenvalue weighted by atomic mass is 10.2. The van der Waals surface area contributed by atoms with Crippen LogP contribution in [-0.4, -0.2) is 37.1 Å². The van der Waals surface area contributed by atoms with Gasteiger partial charge in [0.2, 0.25) is 0 Å². The molecule has 150 valence electrons. The first-order chi connectivity index (χ1) is 13.9. The Morgan fingerprint density at radius 2 is 1.72 bits per heavy atom. The Kier molecular flexibility index (Phi) is 5.97. The van der Waals surface area contributed by atoms with Gasteiger partial charge < -0.3 is 20.3 Å². The molecule has 0 saturated heterocycles. The topological polar surface area (TPSA) is 79.4 Å². The molecule has 7 nitrogen and oxygen atoms in total. The average Bonchev–Trinajstić information content (AvgIpc) is 2.68. The summed E-state index contributed by atoms with van der Waals surface area (Å²) in [5, 5.41) is 6.10. The molecule has 3 rings (SSSR count). The molecule has 0 aliphatic rings. The standard InChI is InChI=1S/C22H25N5O2/c1-14-6-11-20(29-5)18(12-14)26-22(28)19-13-21(24-15(2)23-19)25-16-7-9-17(10-8-16)27(3)4/h6-13H,1-5H3,(H,26,28)(H,23,24,25). The zero-order valence-corrected chi connectivity index (χ0v) is 17.3. The van der Waals surface area contributed by atoms with E-state index in [1.807, 2.05) is 68.4 Å². The minimum Gasteiger partial charge on any atom is -0.495 e. The van der Waals surface area contributed by atoms with E-state index < -0.39 is 0 Å². The van der Waals surface area contributed by atoms with Crippen molar-refractivity contribution in [2.24, 2.45) is 0 Å². The summed E-state index contributed by atoms with van der Waals surface area (Å²) in [6, 6.07) is 15.2. The van der Waals surface area contributed by atoms with E-state index in [0.717, 1.165) is 16.9 Å². The van der Waals surface area contributed by atoms with Crippen molar-refractivity contribution in [3.63, 3.8) is 0 Å². The van der Waals surface area contributed by atoms with Gasteiger partial charge in [0.1, 0.15) is 23.1 Å². The molecule has 1 heterocycles. The monoisotopic (exact) mass is 391 g/mol. The van der Waals surface area contributed by atoms with Crippen LogP contribution in [0.1, 0.15) is 21.9 Å². The van der Waals surface area contributed by atoms with Crippen LogP contribution in [0.25, 0.3) is 0 Å². The van der Waals surface area contributed by atoms with E-state index in [-0.39, 0.29) is 11.6 Å². The Hall–Kier alpha value is -3.61. The van der Waals surface area contributed by atoms with E-state index in [1.54, 1.807) is 20.1 Å². The number of nitrogens with one attached hydrogen (secondary N) is 2. The highest BCUT2D eigenvalue weighted by Crippen LogP contribution is 2.26. The number of hydrogen-bond acceptors (Lipinski definition) is 6. The van der Waals surface area contributed by atoms with Crippen LogP contribution in [0.15, 0.2) is 48.5 Å². The Labute approximate surface area is 170 Å². The molecule has 7 heteroatoms. The molecule has 2 aromatic carbocycles. The van der Waals surface area contributed by atoms with Gasteiger partial charge >= 0.3 is 0 Å². The fourth-order valence-corrected chi connectivity index (χ4v) is 2.84. The van der Waals surface area contributed by atoms with Crippen LogP contribution in [0.5, 0.6) is 5.75 Å². The average molecular weight is 391 g/mol. The van der Waals surface area contributed by atoms with E-state index in [2.05, 4.69) is 20.6 Å². The fraction of sp³-hybridized carbons (Fsp3) is 0.227. The molecular weight excluding hydrogens is 366 g/mol. The van der Waals surface area contributed by atoms with E-state index >= 15 is 0 Å². The fourth-order valence-electron chi connectivity index (χ4n) is 2.84. The Balaban J connectivity index is 1.81. The quantitative estimate of drug-likeness (QED) is 0.657. The van der Waals surface area contributed by atoms with Crippen molar-refractivity contribution in [2.75, 3.05) is 36.7 Å². The van der Waals surface area contributed by atoms with Gasteiger partial charge in [0.15, 0.2) is 0 Å². The zero-order chi connectivity index (χ0) is 21.0. The summed E-state index contributed by atoms with van der Waals surface area (Å²) in [5.41, 5.74) is 3.86. The molecule has 0 unspecified atom stereocenters. The third kappa shape index (κ3) is 5.01. The molecule has 29 heavy (non-hydrogen) atoms. The number of benzene rings is 2. The van der Waals surface area contributed by atoms with E-state index in [0.29, 0.717) is 23.1 Å². The normalized spacial score (nSPS) is 10.4. The SMILES string of the molecule is COc1ccc(C)cc1NC(=O)c1cc(Nc2ccc(N(C)C)cc2)nc(C)n1. The highest BCUT2D eigenvalue weighted by Gasteiger charge is 2.14. The second kappa shape index (κ2) is 8.60. The number of rotatable bonds is 6. The summed E-state index contributed by atoms with van der Waals surface area (Å²) < 4.78 is 5.33. The van der Waals surface area contributed by atoms with Crippen molar-refractivity contribution < 1.29 is 9.53 Å². The largest absolute Gasteiger partial charge is 0.495 e. The molecule has 0 atom stereocenters. The highest BCUT2D eigenvalue weighted by atomic mass is 16.5. The second-order valence-corrected chi connectivity index (χ2v) is 6.91. The van der Waals surface area contributed by atoms with Crippen LogP contribution < -0.4 is 20.3 Å². The predicted molar refractivity (Wildman–Crippen MR) is 117 cm³/mol. The summed E-state index contributed by atoms with van der Waals surface area (Å²) >= 11 is 0. The minimum absolute atomic E-state index is 0.272. The lowest BCUT2D eigenvalue weighted by Gasteiger charge is -2.14. The lowest BCUT2D eigenvalue weighted by Crippen LogP contribution is -2.16. The Morgan fingerprint density at radius 3 is 2.38 bits per heavy atom. The number of carbonyl (C=O) groups excluding carboxylic acids is 1. The lowest BCUT2D eigenvalue weighted by molar-refractivity contribution is 0.102. The summed E-state index contributed by atoms with van der Waals surface area (Å²) in [4.78, 5) is 23.5. The maximum Gasteiger partial charge on any atom is 0.274 e. The van der Waals surface area contributed by atoms with Crippen molar-refractivity contribution >= 4 is 28.8 Å². The molecule has 0 aliphatic heterocycles. The molecule has 0 spiro atoms. The number of anilines is 4. The summed E-state index contributed by atoms with van der Waals surface area (Å²) in [6.45, 7) is 3.71.